The van der Waals surface area contributed by atoms with Gasteiger partial charge >= 0.3 is 0 Å². The molecule has 4 N–H and O–H groups in total. The molecule has 0 fully saturated rings. The van der Waals surface area contributed by atoms with Gasteiger partial charge in [0.05, 0.1) is 0 Å². The van der Waals surface area contributed by atoms with Crippen LogP contribution in [-0.4, -0.2) is 22.1 Å². The molecule has 4 nitrogen and oxygen atoms in total. The highest BCUT2D eigenvalue weighted by atomic mass is 32.1. The van der Waals surface area contributed by atoms with Gasteiger partial charge < -0.3 is 16.2 Å². The van der Waals surface area contributed by atoms with E-state index < -0.39 is 12.0 Å². The highest BCUT2D eigenvalue weighted by molar-refractivity contribution is 7.80. The van der Waals surface area contributed by atoms with Crippen molar-refractivity contribution in [2.24, 2.45) is 5.73 Å². The van der Waals surface area contributed by atoms with Gasteiger partial charge in [0.25, 0.3) is 5.91 Å². The van der Waals surface area contributed by atoms with Crippen LogP contribution in [-0.2, 0) is 4.79 Å². The Morgan fingerprint density at radius 1 is 1.60 bits per heavy atom. The van der Waals surface area contributed by atoms with Crippen molar-refractivity contribution in [3.8, 4) is 0 Å². The molecule has 0 saturated carbocycles. The first kappa shape index (κ1) is 11.6. The van der Waals surface area contributed by atoms with E-state index in [1.54, 1.807) is 24.3 Å². The Hall–Kier alpha value is -1.46. The Balaban J connectivity index is 2.83. The molecule has 0 aliphatic heterocycles. The zero-order valence-corrected chi connectivity index (χ0v) is 9.04. The number of carbonyl (C=O) groups excluding carboxylic acids is 1. The lowest BCUT2D eigenvalue weighted by Crippen LogP contribution is -2.24. The number of anilines is 1. The number of carbonyl (C=O) groups is 1. The predicted octanol–water partition coefficient (Wildman–Crippen LogP) is 0.640. The number of amides is 1. The fourth-order valence-corrected chi connectivity index (χ4v) is 1.12. The van der Waals surface area contributed by atoms with Gasteiger partial charge in [0.15, 0.2) is 0 Å². The maximum absolute atomic E-state index is 11.2. The molecule has 1 aromatic carbocycles. The smallest absolute Gasteiger partial charge is 0.252 e. The average molecular weight is 224 g/mol. The van der Waals surface area contributed by atoms with Gasteiger partial charge in [-0.15, -0.1) is 0 Å². The summed E-state index contributed by atoms with van der Waals surface area (Å²) in [6, 6.07) is 6.83. The van der Waals surface area contributed by atoms with Crippen molar-refractivity contribution in [1.82, 2.24) is 0 Å². The quantitative estimate of drug-likeness (QED) is 0.659. The van der Waals surface area contributed by atoms with Crippen LogP contribution in [0.25, 0.3) is 0 Å². The molecular weight excluding hydrogens is 212 g/mol. The lowest BCUT2D eigenvalue weighted by Gasteiger charge is -2.08. The number of nitrogens with one attached hydrogen (secondary N) is 1. The number of thiocarbonyl (C=S) groups is 1. The summed E-state index contributed by atoms with van der Waals surface area (Å²) in [5.74, 6) is -0.463. The van der Waals surface area contributed by atoms with E-state index in [-0.39, 0.29) is 4.99 Å². The van der Waals surface area contributed by atoms with Crippen LogP contribution in [0.15, 0.2) is 24.3 Å². The second-order valence-corrected chi connectivity index (χ2v) is 3.55. The standard InChI is InChI=1S/C10H12N2O2S/c1-6(13)10(14)12-8-4-2-3-7(5-8)9(11)15/h2-6,13H,1H3,(H2,11,15)(H,12,14). The lowest BCUT2D eigenvalue weighted by atomic mass is 10.2. The normalized spacial score (nSPS) is 11.9. The van der Waals surface area contributed by atoms with E-state index >= 15 is 0 Å². The molecule has 0 saturated heterocycles. The van der Waals surface area contributed by atoms with E-state index in [2.05, 4.69) is 5.32 Å². The van der Waals surface area contributed by atoms with E-state index in [1.807, 2.05) is 0 Å². The highest BCUT2D eigenvalue weighted by Gasteiger charge is 2.08. The van der Waals surface area contributed by atoms with Crippen molar-refractivity contribution in [2.75, 3.05) is 5.32 Å². The van der Waals surface area contributed by atoms with Gasteiger partial charge in [-0.2, -0.15) is 0 Å². The number of rotatable bonds is 3. The molecule has 1 amide bonds. The number of nitrogens with two attached hydrogens (primary N) is 1. The monoisotopic (exact) mass is 224 g/mol. The minimum atomic E-state index is -1.04. The molecule has 5 heteroatoms. The summed E-state index contributed by atoms with van der Waals surface area (Å²) in [7, 11) is 0. The number of aliphatic hydroxyl groups excluding tert-OH is 1. The Labute approximate surface area is 93.1 Å². The molecular formula is C10H12N2O2S. The van der Waals surface area contributed by atoms with Crippen LogP contribution in [0.3, 0.4) is 0 Å². The molecule has 0 bridgehead atoms. The van der Waals surface area contributed by atoms with Gasteiger partial charge in [0.2, 0.25) is 0 Å². The van der Waals surface area contributed by atoms with Crippen molar-refractivity contribution < 1.29 is 9.90 Å². The second-order valence-electron chi connectivity index (χ2n) is 3.11. The van der Waals surface area contributed by atoms with Crippen LogP contribution in [0.2, 0.25) is 0 Å². The second kappa shape index (κ2) is 4.86. The maximum Gasteiger partial charge on any atom is 0.252 e. The summed E-state index contributed by atoms with van der Waals surface area (Å²) in [5.41, 5.74) is 6.68. The van der Waals surface area contributed by atoms with Crippen LogP contribution in [0.5, 0.6) is 0 Å². The van der Waals surface area contributed by atoms with E-state index in [0.717, 1.165) is 0 Å². The lowest BCUT2D eigenvalue weighted by molar-refractivity contribution is -0.123. The number of hydrogen-bond acceptors (Lipinski definition) is 3. The van der Waals surface area contributed by atoms with E-state index in [0.29, 0.717) is 11.3 Å². The van der Waals surface area contributed by atoms with Crippen molar-refractivity contribution in [1.29, 1.82) is 0 Å². The fourth-order valence-electron chi connectivity index (χ4n) is 0.997. The minimum absolute atomic E-state index is 0.267. The molecule has 0 spiro atoms. The number of hydrogen-bond donors (Lipinski definition) is 3. The first-order valence-corrected chi connectivity index (χ1v) is 4.80. The maximum atomic E-state index is 11.2. The van der Waals surface area contributed by atoms with Crippen LogP contribution in [0.4, 0.5) is 5.69 Å². The molecule has 0 aromatic heterocycles. The molecule has 80 valence electrons. The van der Waals surface area contributed by atoms with Gasteiger partial charge in [-0.05, 0) is 19.1 Å². The summed E-state index contributed by atoms with van der Waals surface area (Å²) < 4.78 is 0. The summed E-state index contributed by atoms with van der Waals surface area (Å²) >= 11 is 4.80. The topological polar surface area (TPSA) is 75.3 Å². The molecule has 0 aliphatic carbocycles. The molecule has 0 radical (unpaired) electrons. The zero-order chi connectivity index (χ0) is 11.4. The minimum Gasteiger partial charge on any atom is -0.389 e. The third-order valence-corrected chi connectivity index (χ3v) is 2.03. The predicted molar refractivity (Wildman–Crippen MR) is 62.6 cm³/mol. The van der Waals surface area contributed by atoms with Crippen LogP contribution < -0.4 is 11.1 Å². The molecule has 1 rings (SSSR count). The van der Waals surface area contributed by atoms with Gasteiger partial charge in [-0.3, -0.25) is 4.79 Å². The van der Waals surface area contributed by atoms with E-state index in [9.17, 15) is 4.79 Å². The molecule has 0 heterocycles. The molecule has 0 aliphatic rings. The molecule has 1 aromatic rings. The van der Waals surface area contributed by atoms with Gasteiger partial charge in [0.1, 0.15) is 11.1 Å². The average Bonchev–Trinajstić information content (AvgIpc) is 2.18. The fraction of sp³-hybridized carbons (Fsp3) is 0.200. The zero-order valence-electron chi connectivity index (χ0n) is 8.23. The summed E-state index contributed by atoms with van der Waals surface area (Å²) in [6.07, 6.45) is -1.04. The third kappa shape index (κ3) is 3.30. The Bertz CT molecular complexity index is 391. The van der Waals surface area contributed by atoms with Crippen molar-refractivity contribution in [3.63, 3.8) is 0 Å². The van der Waals surface area contributed by atoms with Gasteiger partial charge in [0, 0.05) is 11.3 Å². The van der Waals surface area contributed by atoms with Gasteiger partial charge in [-0.1, -0.05) is 24.4 Å². The van der Waals surface area contributed by atoms with Crippen molar-refractivity contribution in [3.05, 3.63) is 29.8 Å². The Morgan fingerprint density at radius 3 is 2.80 bits per heavy atom. The van der Waals surface area contributed by atoms with Crippen LogP contribution in [0.1, 0.15) is 12.5 Å². The van der Waals surface area contributed by atoms with Crippen LogP contribution >= 0.6 is 12.2 Å². The SMILES string of the molecule is CC(O)C(=O)Nc1cccc(C(N)=S)c1. The summed E-state index contributed by atoms with van der Waals surface area (Å²) in [5, 5.41) is 11.5. The Kier molecular flexibility index (Phi) is 3.76. The molecule has 15 heavy (non-hydrogen) atoms. The first-order valence-electron chi connectivity index (χ1n) is 4.39. The number of aliphatic hydroxyl groups is 1. The third-order valence-electron chi connectivity index (χ3n) is 1.79. The van der Waals surface area contributed by atoms with Crippen LogP contribution in [0, 0.1) is 0 Å². The van der Waals surface area contributed by atoms with E-state index in [4.69, 9.17) is 23.1 Å². The largest absolute Gasteiger partial charge is 0.389 e. The summed E-state index contributed by atoms with van der Waals surface area (Å²) in [4.78, 5) is 11.4. The van der Waals surface area contributed by atoms with E-state index in [1.165, 1.54) is 6.92 Å². The van der Waals surface area contributed by atoms with Gasteiger partial charge in [-0.25, -0.2) is 0 Å². The first-order chi connectivity index (χ1) is 7.00. The highest BCUT2D eigenvalue weighted by Crippen LogP contribution is 2.10. The molecule has 1 atom stereocenters. The van der Waals surface area contributed by atoms with Crippen molar-refractivity contribution in [2.45, 2.75) is 13.0 Å². The summed E-state index contributed by atoms with van der Waals surface area (Å²) in [6.45, 7) is 1.40. The Morgan fingerprint density at radius 2 is 2.27 bits per heavy atom. The number of benzene rings is 1. The van der Waals surface area contributed by atoms with Crippen molar-refractivity contribution >= 4 is 28.8 Å². The molecule has 1 unspecified atom stereocenters.